The van der Waals surface area contributed by atoms with E-state index in [-0.39, 0.29) is 24.5 Å². The SMILES string of the molecule is O=C(NC[C@H]1CCCO1)[C@@H]1CCCN(S(=O)(=O)N2CCC3(CC2)OCCO3)C1. The first-order valence-electron chi connectivity index (χ1n) is 10.4. The molecule has 0 radical (unpaired) electrons. The Balaban J connectivity index is 1.30. The topological polar surface area (TPSA) is 97.4 Å². The summed E-state index contributed by atoms with van der Waals surface area (Å²) in [5.41, 5.74) is 0. The van der Waals surface area contributed by atoms with Crippen molar-refractivity contribution in [3.05, 3.63) is 0 Å². The highest BCUT2D eigenvalue weighted by molar-refractivity contribution is 7.86. The van der Waals surface area contributed by atoms with Gasteiger partial charge in [-0.05, 0) is 25.7 Å². The van der Waals surface area contributed by atoms with E-state index in [0.29, 0.717) is 65.1 Å². The molecule has 10 heteroatoms. The summed E-state index contributed by atoms with van der Waals surface area (Å²) in [6.07, 6.45) is 4.60. The number of ether oxygens (including phenoxy) is 3. The van der Waals surface area contributed by atoms with Crippen LogP contribution in [0.4, 0.5) is 0 Å². The van der Waals surface area contributed by atoms with Crippen LogP contribution in [-0.4, -0.2) is 87.4 Å². The number of amides is 1. The van der Waals surface area contributed by atoms with E-state index in [4.69, 9.17) is 14.2 Å². The molecule has 2 atom stereocenters. The molecule has 28 heavy (non-hydrogen) atoms. The van der Waals surface area contributed by atoms with Crippen LogP contribution in [0.1, 0.15) is 38.5 Å². The fourth-order valence-electron chi connectivity index (χ4n) is 4.54. The Morgan fingerprint density at radius 3 is 2.43 bits per heavy atom. The quantitative estimate of drug-likeness (QED) is 0.680. The molecule has 1 spiro atoms. The lowest BCUT2D eigenvalue weighted by Gasteiger charge is -2.40. The van der Waals surface area contributed by atoms with Gasteiger partial charge < -0.3 is 19.5 Å². The van der Waals surface area contributed by atoms with Crippen molar-refractivity contribution in [2.45, 2.75) is 50.4 Å². The molecule has 4 saturated heterocycles. The van der Waals surface area contributed by atoms with Gasteiger partial charge in [0.2, 0.25) is 5.91 Å². The monoisotopic (exact) mass is 417 g/mol. The number of nitrogens with one attached hydrogen (secondary N) is 1. The van der Waals surface area contributed by atoms with E-state index in [1.165, 1.54) is 8.61 Å². The standard InChI is InChI=1S/C18H31N3O6S/c22-17(19-13-16-4-2-10-25-16)15-3-1-7-21(14-15)28(23,24)20-8-5-18(6-9-20)26-11-12-27-18/h15-16H,1-14H2,(H,19,22)/t15-,16-/m1/s1. The van der Waals surface area contributed by atoms with Crippen LogP contribution in [0, 0.1) is 5.92 Å². The van der Waals surface area contributed by atoms with Gasteiger partial charge in [0.15, 0.2) is 5.79 Å². The van der Waals surface area contributed by atoms with Gasteiger partial charge >= 0.3 is 0 Å². The Kier molecular flexibility index (Phi) is 6.24. The molecule has 0 aromatic heterocycles. The fourth-order valence-corrected chi connectivity index (χ4v) is 6.24. The van der Waals surface area contributed by atoms with Crippen molar-refractivity contribution in [3.8, 4) is 0 Å². The molecule has 1 amide bonds. The molecule has 0 aromatic rings. The summed E-state index contributed by atoms with van der Waals surface area (Å²) >= 11 is 0. The summed E-state index contributed by atoms with van der Waals surface area (Å²) in [4.78, 5) is 12.5. The number of carbonyl (C=O) groups is 1. The van der Waals surface area contributed by atoms with Gasteiger partial charge in [0.05, 0.1) is 25.2 Å². The summed E-state index contributed by atoms with van der Waals surface area (Å²) in [6, 6.07) is 0. The van der Waals surface area contributed by atoms with E-state index in [0.717, 1.165) is 19.4 Å². The molecule has 0 bridgehead atoms. The van der Waals surface area contributed by atoms with Crippen molar-refractivity contribution in [1.82, 2.24) is 13.9 Å². The second kappa shape index (κ2) is 8.53. The number of hydrogen-bond donors (Lipinski definition) is 1. The largest absolute Gasteiger partial charge is 0.376 e. The Bertz CT molecular complexity index is 650. The fraction of sp³-hybridized carbons (Fsp3) is 0.944. The first kappa shape index (κ1) is 20.5. The average Bonchev–Trinajstić information content (AvgIpc) is 3.39. The molecule has 4 rings (SSSR count). The molecule has 0 saturated carbocycles. The molecule has 9 nitrogen and oxygen atoms in total. The minimum Gasteiger partial charge on any atom is -0.376 e. The molecule has 0 unspecified atom stereocenters. The van der Waals surface area contributed by atoms with Crippen molar-refractivity contribution in [2.24, 2.45) is 5.92 Å². The van der Waals surface area contributed by atoms with Gasteiger partial charge in [-0.1, -0.05) is 0 Å². The minimum absolute atomic E-state index is 0.0687. The van der Waals surface area contributed by atoms with Crippen LogP contribution < -0.4 is 5.32 Å². The third-order valence-corrected chi connectivity index (χ3v) is 8.24. The highest BCUT2D eigenvalue weighted by Gasteiger charge is 2.44. The van der Waals surface area contributed by atoms with Crippen LogP contribution in [0.25, 0.3) is 0 Å². The van der Waals surface area contributed by atoms with Crippen LogP contribution in [-0.2, 0) is 29.2 Å². The number of rotatable bonds is 5. The van der Waals surface area contributed by atoms with Gasteiger partial charge in [-0.2, -0.15) is 17.0 Å². The first-order chi connectivity index (χ1) is 13.5. The maximum Gasteiger partial charge on any atom is 0.282 e. The first-order valence-corrected chi connectivity index (χ1v) is 11.8. The van der Waals surface area contributed by atoms with E-state index < -0.39 is 16.0 Å². The summed E-state index contributed by atoms with van der Waals surface area (Å²) < 4.78 is 46.1. The highest BCUT2D eigenvalue weighted by Crippen LogP contribution is 2.33. The van der Waals surface area contributed by atoms with E-state index in [2.05, 4.69) is 5.32 Å². The molecule has 4 heterocycles. The second-order valence-electron chi connectivity index (χ2n) is 8.09. The molecule has 4 aliphatic heterocycles. The zero-order valence-corrected chi connectivity index (χ0v) is 17.1. The summed E-state index contributed by atoms with van der Waals surface area (Å²) in [5, 5.41) is 2.95. The smallest absolute Gasteiger partial charge is 0.282 e. The number of piperidine rings is 2. The minimum atomic E-state index is -3.58. The van der Waals surface area contributed by atoms with E-state index in [1.807, 2.05) is 0 Å². The van der Waals surface area contributed by atoms with Crippen LogP contribution in [0.15, 0.2) is 0 Å². The van der Waals surface area contributed by atoms with Crippen LogP contribution in [0.2, 0.25) is 0 Å². The molecule has 160 valence electrons. The van der Waals surface area contributed by atoms with Crippen LogP contribution in [0.3, 0.4) is 0 Å². The number of carbonyl (C=O) groups excluding carboxylic acids is 1. The molecule has 0 aromatic carbocycles. The van der Waals surface area contributed by atoms with Crippen LogP contribution >= 0.6 is 0 Å². The Labute approximate surface area is 166 Å². The predicted molar refractivity (Wildman–Crippen MR) is 101 cm³/mol. The molecule has 1 N–H and O–H groups in total. The van der Waals surface area contributed by atoms with Crippen molar-refractivity contribution in [1.29, 1.82) is 0 Å². The van der Waals surface area contributed by atoms with Crippen molar-refractivity contribution in [2.75, 3.05) is 52.5 Å². The maximum absolute atomic E-state index is 13.1. The lowest BCUT2D eigenvalue weighted by atomic mass is 9.99. The maximum atomic E-state index is 13.1. The molecule has 0 aliphatic carbocycles. The van der Waals surface area contributed by atoms with E-state index >= 15 is 0 Å². The summed E-state index contributed by atoms with van der Waals surface area (Å²) in [6.45, 7) is 3.88. The van der Waals surface area contributed by atoms with Gasteiger partial charge in [0, 0.05) is 52.2 Å². The summed E-state index contributed by atoms with van der Waals surface area (Å²) in [7, 11) is -3.58. The lowest BCUT2D eigenvalue weighted by Crippen LogP contribution is -2.54. The van der Waals surface area contributed by atoms with Gasteiger partial charge in [0.1, 0.15) is 0 Å². The van der Waals surface area contributed by atoms with E-state index in [9.17, 15) is 13.2 Å². The predicted octanol–water partition coefficient (Wildman–Crippen LogP) is 0.0773. The Hall–Kier alpha value is -0.780. The molecule has 4 fully saturated rings. The molecular weight excluding hydrogens is 386 g/mol. The Morgan fingerprint density at radius 1 is 1.00 bits per heavy atom. The van der Waals surface area contributed by atoms with Crippen molar-refractivity contribution in [3.63, 3.8) is 0 Å². The van der Waals surface area contributed by atoms with E-state index in [1.54, 1.807) is 0 Å². The summed E-state index contributed by atoms with van der Waals surface area (Å²) in [5.74, 6) is -0.970. The molecular formula is C18H31N3O6S. The number of nitrogens with zero attached hydrogens (tertiary/aromatic N) is 2. The zero-order valence-electron chi connectivity index (χ0n) is 16.3. The van der Waals surface area contributed by atoms with Crippen molar-refractivity contribution < 1.29 is 27.4 Å². The molecule has 4 aliphatic rings. The second-order valence-corrected chi connectivity index (χ2v) is 10.0. The average molecular weight is 418 g/mol. The van der Waals surface area contributed by atoms with Gasteiger partial charge in [-0.3, -0.25) is 4.79 Å². The van der Waals surface area contributed by atoms with Crippen LogP contribution in [0.5, 0.6) is 0 Å². The van der Waals surface area contributed by atoms with Gasteiger partial charge in [-0.15, -0.1) is 0 Å². The highest BCUT2D eigenvalue weighted by atomic mass is 32.2. The van der Waals surface area contributed by atoms with Gasteiger partial charge in [-0.25, -0.2) is 0 Å². The van der Waals surface area contributed by atoms with Gasteiger partial charge in [0.25, 0.3) is 10.2 Å². The van der Waals surface area contributed by atoms with Crippen molar-refractivity contribution >= 4 is 16.1 Å². The third kappa shape index (κ3) is 4.36. The lowest BCUT2D eigenvalue weighted by molar-refractivity contribution is -0.179. The number of hydrogen-bond acceptors (Lipinski definition) is 6. The normalized spacial score (nSPS) is 32.0. The Morgan fingerprint density at radius 2 is 1.75 bits per heavy atom. The zero-order chi connectivity index (χ0) is 19.6. The third-order valence-electron chi connectivity index (χ3n) is 6.23.